The molecule has 6 nitrogen and oxygen atoms in total. The predicted molar refractivity (Wildman–Crippen MR) is 101 cm³/mol. The van der Waals surface area contributed by atoms with Gasteiger partial charge in [0.25, 0.3) is 0 Å². The van der Waals surface area contributed by atoms with Crippen LogP contribution in [0.3, 0.4) is 0 Å². The number of carbonyl (C=O) groups excluding carboxylic acids is 1. The fourth-order valence-corrected chi connectivity index (χ4v) is 3.64. The van der Waals surface area contributed by atoms with Gasteiger partial charge in [-0.05, 0) is 25.3 Å². The predicted octanol–water partition coefficient (Wildman–Crippen LogP) is 2.48. The van der Waals surface area contributed by atoms with Crippen molar-refractivity contribution in [2.24, 2.45) is 5.92 Å². The molecule has 1 amide bonds. The van der Waals surface area contributed by atoms with Crippen molar-refractivity contribution in [2.75, 3.05) is 13.1 Å². The Morgan fingerprint density at radius 1 is 1.19 bits per heavy atom. The Kier molecular flexibility index (Phi) is 5.59. The molecule has 1 aliphatic rings. The molecule has 6 heteroatoms. The standard InChI is InChI=1S/C20H28N4O2/c1-4-23-18(17-10-12-22(13-11-17)19(25)15(2)3)21-24(20(23)26)14-16-8-6-5-7-9-16/h5-9,15,17H,4,10-14H2,1-3H3. The summed E-state index contributed by atoms with van der Waals surface area (Å²) in [5, 5.41) is 4.67. The summed E-state index contributed by atoms with van der Waals surface area (Å²) in [6, 6.07) is 9.92. The number of hydrogen-bond acceptors (Lipinski definition) is 3. The molecule has 2 heterocycles. The van der Waals surface area contributed by atoms with Gasteiger partial charge in [-0.3, -0.25) is 9.36 Å². The van der Waals surface area contributed by atoms with Gasteiger partial charge in [-0.15, -0.1) is 0 Å². The monoisotopic (exact) mass is 356 g/mol. The summed E-state index contributed by atoms with van der Waals surface area (Å²) >= 11 is 0. The van der Waals surface area contributed by atoms with Crippen LogP contribution in [0.25, 0.3) is 0 Å². The molecule has 3 rings (SSSR count). The summed E-state index contributed by atoms with van der Waals surface area (Å²) in [5.74, 6) is 1.34. The summed E-state index contributed by atoms with van der Waals surface area (Å²) in [5.41, 5.74) is 1.02. The molecule has 0 radical (unpaired) electrons. The maximum atomic E-state index is 12.7. The fourth-order valence-electron chi connectivity index (χ4n) is 3.64. The van der Waals surface area contributed by atoms with Gasteiger partial charge in [0.15, 0.2) is 0 Å². The summed E-state index contributed by atoms with van der Waals surface area (Å²) < 4.78 is 3.35. The number of likely N-dealkylation sites (tertiary alicyclic amines) is 1. The van der Waals surface area contributed by atoms with Crippen LogP contribution in [-0.4, -0.2) is 38.2 Å². The number of piperidine rings is 1. The second kappa shape index (κ2) is 7.89. The van der Waals surface area contributed by atoms with Crippen molar-refractivity contribution in [1.82, 2.24) is 19.2 Å². The van der Waals surface area contributed by atoms with Gasteiger partial charge in [-0.25, -0.2) is 9.48 Å². The zero-order valence-corrected chi connectivity index (χ0v) is 15.9. The van der Waals surface area contributed by atoms with Crippen LogP contribution in [0.15, 0.2) is 35.1 Å². The highest BCUT2D eigenvalue weighted by atomic mass is 16.2. The SMILES string of the molecule is CCn1c(C2CCN(C(=O)C(C)C)CC2)nn(Cc2ccccc2)c1=O. The van der Waals surface area contributed by atoms with Crippen LogP contribution in [-0.2, 0) is 17.9 Å². The van der Waals surface area contributed by atoms with E-state index < -0.39 is 0 Å². The number of nitrogens with zero attached hydrogens (tertiary/aromatic N) is 4. The first-order chi connectivity index (χ1) is 12.5. The van der Waals surface area contributed by atoms with Crippen LogP contribution < -0.4 is 5.69 Å². The molecule has 1 aromatic carbocycles. The second-order valence-corrected chi connectivity index (χ2v) is 7.28. The van der Waals surface area contributed by atoms with E-state index in [0.29, 0.717) is 13.1 Å². The highest BCUT2D eigenvalue weighted by Gasteiger charge is 2.29. The zero-order valence-electron chi connectivity index (χ0n) is 15.9. The smallest absolute Gasteiger partial charge is 0.342 e. The number of benzene rings is 1. The van der Waals surface area contributed by atoms with E-state index in [-0.39, 0.29) is 23.4 Å². The summed E-state index contributed by atoms with van der Waals surface area (Å²) in [7, 11) is 0. The topological polar surface area (TPSA) is 60.1 Å². The first-order valence-corrected chi connectivity index (χ1v) is 9.51. The van der Waals surface area contributed by atoms with Crippen molar-refractivity contribution in [3.8, 4) is 0 Å². The van der Waals surface area contributed by atoms with Crippen LogP contribution in [0, 0.1) is 5.92 Å². The van der Waals surface area contributed by atoms with Gasteiger partial charge < -0.3 is 4.90 Å². The lowest BCUT2D eigenvalue weighted by Crippen LogP contribution is -2.40. The van der Waals surface area contributed by atoms with Gasteiger partial charge in [-0.2, -0.15) is 5.10 Å². The third kappa shape index (κ3) is 3.74. The first-order valence-electron chi connectivity index (χ1n) is 9.51. The number of rotatable bonds is 5. The Hall–Kier alpha value is -2.37. The van der Waals surface area contributed by atoms with Crippen LogP contribution in [0.1, 0.15) is 50.9 Å². The summed E-state index contributed by atoms with van der Waals surface area (Å²) in [4.78, 5) is 26.8. The van der Waals surface area contributed by atoms with E-state index in [1.807, 2.05) is 56.0 Å². The number of hydrogen-bond donors (Lipinski definition) is 0. The first kappa shape index (κ1) is 18.4. The Morgan fingerprint density at radius 3 is 2.42 bits per heavy atom. The van der Waals surface area contributed by atoms with Crippen molar-refractivity contribution in [1.29, 1.82) is 0 Å². The molecule has 1 fully saturated rings. The van der Waals surface area contributed by atoms with Gasteiger partial charge in [0.05, 0.1) is 6.54 Å². The Bertz CT molecular complexity index is 799. The van der Waals surface area contributed by atoms with E-state index in [4.69, 9.17) is 0 Å². The minimum atomic E-state index is -0.0490. The quantitative estimate of drug-likeness (QED) is 0.827. The number of aromatic nitrogens is 3. The van der Waals surface area contributed by atoms with E-state index in [1.165, 1.54) is 0 Å². The molecule has 0 atom stereocenters. The minimum Gasteiger partial charge on any atom is -0.342 e. The van der Waals surface area contributed by atoms with Crippen molar-refractivity contribution < 1.29 is 4.79 Å². The van der Waals surface area contributed by atoms with Gasteiger partial charge in [0.1, 0.15) is 5.82 Å². The normalized spacial score (nSPS) is 15.6. The Balaban J connectivity index is 1.77. The van der Waals surface area contributed by atoms with E-state index in [9.17, 15) is 9.59 Å². The van der Waals surface area contributed by atoms with Crippen LogP contribution in [0.5, 0.6) is 0 Å². The highest BCUT2D eigenvalue weighted by Crippen LogP contribution is 2.27. The second-order valence-electron chi connectivity index (χ2n) is 7.28. The van der Waals surface area contributed by atoms with E-state index in [2.05, 4.69) is 5.10 Å². The molecule has 0 bridgehead atoms. The number of amides is 1. The molecule has 26 heavy (non-hydrogen) atoms. The average Bonchev–Trinajstić information content (AvgIpc) is 2.97. The molecule has 0 unspecified atom stereocenters. The molecule has 2 aromatic rings. The Labute approximate surface area is 154 Å². The van der Waals surface area contributed by atoms with Crippen molar-refractivity contribution in [3.05, 3.63) is 52.2 Å². The molecule has 1 saturated heterocycles. The van der Waals surface area contributed by atoms with E-state index in [0.717, 1.165) is 37.3 Å². The van der Waals surface area contributed by atoms with Crippen molar-refractivity contribution in [2.45, 2.75) is 52.6 Å². The molecule has 0 spiro atoms. The van der Waals surface area contributed by atoms with Crippen molar-refractivity contribution >= 4 is 5.91 Å². The minimum absolute atomic E-state index is 0.0328. The fraction of sp³-hybridized carbons (Fsp3) is 0.550. The van der Waals surface area contributed by atoms with Crippen LogP contribution >= 0.6 is 0 Å². The van der Waals surface area contributed by atoms with E-state index >= 15 is 0 Å². The van der Waals surface area contributed by atoms with Gasteiger partial charge in [-0.1, -0.05) is 44.2 Å². The molecular formula is C20H28N4O2. The highest BCUT2D eigenvalue weighted by molar-refractivity contribution is 5.78. The van der Waals surface area contributed by atoms with Gasteiger partial charge in [0, 0.05) is 31.5 Å². The molecule has 1 aromatic heterocycles. The third-order valence-electron chi connectivity index (χ3n) is 5.11. The maximum Gasteiger partial charge on any atom is 0.346 e. The Morgan fingerprint density at radius 2 is 1.85 bits per heavy atom. The maximum absolute atomic E-state index is 12.7. The largest absolute Gasteiger partial charge is 0.346 e. The molecule has 0 saturated carbocycles. The lowest BCUT2D eigenvalue weighted by molar-refractivity contribution is -0.135. The van der Waals surface area contributed by atoms with Crippen molar-refractivity contribution in [3.63, 3.8) is 0 Å². The molecule has 0 N–H and O–H groups in total. The lowest BCUT2D eigenvalue weighted by Gasteiger charge is -2.32. The number of carbonyl (C=O) groups is 1. The van der Waals surface area contributed by atoms with Gasteiger partial charge >= 0.3 is 5.69 Å². The summed E-state index contributed by atoms with van der Waals surface area (Å²) in [6.07, 6.45) is 1.72. The molecule has 1 aliphatic heterocycles. The third-order valence-corrected chi connectivity index (χ3v) is 5.11. The zero-order chi connectivity index (χ0) is 18.7. The molecule has 0 aliphatic carbocycles. The van der Waals surface area contributed by atoms with E-state index in [1.54, 1.807) is 9.25 Å². The lowest BCUT2D eigenvalue weighted by atomic mass is 9.95. The van der Waals surface area contributed by atoms with Crippen LogP contribution in [0.4, 0.5) is 0 Å². The van der Waals surface area contributed by atoms with Crippen LogP contribution in [0.2, 0.25) is 0 Å². The van der Waals surface area contributed by atoms with Gasteiger partial charge in [0.2, 0.25) is 5.91 Å². The molecule has 140 valence electrons. The average molecular weight is 356 g/mol. The summed E-state index contributed by atoms with van der Waals surface area (Å²) in [6.45, 7) is 8.45. The molecular weight excluding hydrogens is 328 g/mol.